The number of ether oxygens (including phenoxy) is 1. The van der Waals surface area contributed by atoms with Gasteiger partial charge in [0.2, 0.25) is 5.91 Å². The summed E-state index contributed by atoms with van der Waals surface area (Å²) < 4.78 is 34.0. The molecule has 1 aliphatic carbocycles. The Balaban J connectivity index is 1.31. The van der Waals surface area contributed by atoms with Gasteiger partial charge in [0.05, 0.1) is 10.9 Å². The van der Waals surface area contributed by atoms with Gasteiger partial charge in [0.15, 0.2) is 23.1 Å². The van der Waals surface area contributed by atoms with Crippen molar-refractivity contribution in [2.45, 2.75) is 32.6 Å². The van der Waals surface area contributed by atoms with Gasteiger partial charge in [-0.2, -0.15) is 0 Å². The number of aryl methyl sites for hydroxylation is 1. The Hall–Kier alpha value is -4.46. The summed E-state index contributed by atoms with van der Waals surface area (Å²) in [6.45, 7) is 1.74. The van der Waals surface area contributed by atoms with Gasteiger partial charge in [0.1, 0.15) is 11.6 Å². The molecule has 0 unspecified atom stereocenters. The van der Waals surface area contributed by atoms with E-state index in [1.165, 1.54) is 42.6 Å². The van der Waals surface area contributed by atoms with Crippen LogP contribution in [0.3, 0.4) is 0 Å². The molecule has 0 atom stereocenters. The predicted molar refractivity (Wildman–Crippen MR) is 137 cm³/mol. The summed E-state index contributed by atoms with van der Waals surface area (Å²) >= 11 is 0. The number of aromatic nitrogens is 1. The highest BCUT2D eigenvalue weighted by atomic mass is 19.1. The SMILES string of the molecule is Cc1cc2c(Oc3ccc(CC(=O)C4(C(=O)Cc5ccc(F)cc5)CC4)cc3F)ccnc2cc1C(N)=O. The third kappa shape index (κ3) is 4.89. The highest BCUT2D eigenvalue weighted by Gasteiger charge is 2.54. The van der Waals surface area contributed by atoms with Crippen LogP contribution in [-0.2, 0) is 22.4 Å². The molecule has 1 aliphatic rings. The van der Waals surface area contributed by atoms with E-state index in [4.69, 9.17) is 10.5 Å². The van der Waals surface area contributed by atoms with Crippen molar-refractivity contribution in [3.8, 4) is 11.5 Å². The first-order valence-corrected chi connectivity index (χ1v) is 12.1. The van der Waals surface area contributed by atoms with Gasteiger partial charge in [-0.3, -0.25) is 19.4 Å². The minimum atomic E-state index is -1.06. The van der Waals surface area contributed by atoms with Crippen LogP contribution in [0.2, 0.25) is 0 Å². The van der Waals surface area contributed by atoms with Gasteiger partial charge in [-0.1, -0.05) is 18.2 Å². The molecule has 4 aromatic rings. The second-order valence-corrected chi connectivity index (χ2v) is 9.63. The zero-order chi connectivity index (χ0) is 27.0. The third-order valence-corrected chi connectivity index (χ3v) is 6.99. The van der Waals surface area contributed by atoms with Crippen molar-refractivity contribution in [2.24, 2.45) is 11.1 Å². The van der Waals surface area contributed by atoms with Gasteiger partial charge in [0, 0.05) is 30.0 Å². The molecule has 0 aliphatic heterocycles. The second-order valence-electron chi connectivity index (χ2n) is 9.63. The summed E-state index contributed by atoms with van der Waals surface area (Å²) in [4.78, 5) is 41.8. The van der Waals surface area contributed by atoms with Gasteiger partial charge in [-0.05, 0) is 78.9 Å². The average Bonchev–Trinajstić information content (AvgIpc) is 3.69. The number of hydrogen-bond acceptors (Lipinski definition) is 5. The van der Waals surface area contributed by atoms with Crippen molar-refractivity contribution in [3.63, 3.8) is 0 Å². The van der Waals surface area contributed by atoms with E-state index >= 15 is 4.39 Å². The zero-order valence-electron chi connectivity index (χ0n) is 20.6. The van der Waals surface area contributed by atoms with E-state index in [1.807, 2.05) is 0 Å². The molecular weight excluding hydrogens is 490 g/mol. The monoisotopic (exact) mass is 514 g/mol. The van der Waals surface area contributed by atoms with E-state index in [1.54, 1.807) is 31.2 Å². The molecule has 3 aromatic carbocycles. The average molecular weight is 515 g/mol. The van der Waals surface area contributed by atoms with E-state index in [0.29, 0.717) is 51.7 Å². The van der Waals surface area contributed by atoms with Crippen LogP contribution in [-0.4, -0.2) is 22.5 Å². The van der Waals surface area contributed by atoms with Gasteiger partial charge in [0.25, 0.3) is 0 Å². The van der Waals surface area contributed by atoms with E-state index in [9.17, 15) is 18.8 Å². The van der Waals surface area contributed by atoms with Crippen molar-refractivity contribution >= 4 is 28.4 Å². The lowest BCUT2D eigenvalue weighted by Gasteiger charge is -2.14. The molecule has 1 amide bonds. The fourth-order valence-corrected chi connectivity index (χ4v) is 4.64. The fraction of sp³-hybridized carbons (Fsp3) is 0.200. The summed E-state index contributed by atoms with van der Waals surface area (Å²) in [5, 5.41) is 0.587. The Morgan fingerprint density at radius 3 is 2.18 bits per heavy atom. The van der Waals surface area contributed by atoms with Crippen LogP contribution in [0.4, 0.5) is 8.78 Å². The number of carbonyl (C=O) groups is 3. The number of carbonyl (C=O) groups excluding carboxylic acids is 3. The summed E-state index contributed by atoms with van der Waals surface area (Å²) in [6, 6.07) is 14.8. The number of hydrogen-bond donors (Lipinski definition) is 1. The maximum Gasteiger partial charge on any atom is 0.249 e. The smallest absolute Gasteiger partial charge is 0.249 e. The maximum atomic E-state index is 15.0. The highest BCUT2D eigenvalue weighted by molar-refractivity contribution is 6.11. The minimum absolute atomic E-state index is 0.0427. The molecule has 0 bridgehead atoms. The lowest BCUT2D eigenvalue weighted by Crippen LogP contribution is -2.28. The van der Waals surface area contributed by atoms with Gasteiger partial charge in [-0.15, -0.1) is 0 Å². The molecule has 1 aromatic heterocycles. The van der Waals surface area contributed by atoms with Crippen molar-refractivity contribution < 1.29 is 27.9 Å². The predicted octanol–water partition coefficient (Wildman–Crippen LogP) is 5.42. The Bertz CT molecular complexity index is 1590. The van der Waals surface area contributed by atoms with Crippen molar-refractivity contribution in [1.82, 2.24) is 4.98 Å². The van der Waals surface area contributed by atoms with Crippen LogP contribution in [0.1, 0.15) is 39.9 Å². The number of benzene rings is 3. The number of pyridine rings is 1. The number of nitrogens with zero attached hydrogens (tertiary/aromatic N) is 1. The number of primary amides is 1. The van der Waals surface area contributed by atoms with Crippen molar-refractivity contribution in [2.75, 3.05) is 0 Å². The zero-order valence-corrected chi connectivity index (χ0v) is 20.6. The number of amides is 1. The lowest BCUT2D eigenvalue weighted by molar-refractivity contribution is -0.133. The Morgan fingerprint density at radius 2 is 1.55 bits per heavy atom. The minimum Gasteiger partial charge on any atom is -0.454 e. The number of nitrogens with two attached hydrogens (primary N) is 1. The first kappa shape index (κ1) is 25.2. The molecule has 1 heterocycles. The number of ketones is 2. The largest absolute Gasteiger partial charge is 0.454 e. The molecule has 0 saturated heterocycles. The van der Waals surface area contributed by atoms with Crippen LogP contribution in [0.15, 0.2) is 66.9 Å². The first-order valence-electron chi connectivity index (χ1n) is 12.1. The number of halogens is 2. The van der Waals surface area contributed by atoms with Crippen molar-refractivity contribution in [3.05, 3.63) is 101 Å². The third-order valence-electron chi connectivity index (χ3n) is 6.99. The molecule has 192 valence electrons. The van der Waals surface area contributed by atoms with Crippen molar-refractivity contribution in [1.29, 1.82) is 0 Å². The lowest BCUT2D eigenvalue weighted by atomic mass is 9.88. The van der Waals surface area contributed by atoms with E-state index in [2.05, 4.69) is 4.98 Å². The first-order chi connectivity index (χ1) is 18.2. The number of Topliss-reactive ketones (excluding diaryl/α,β-unsaturated/α-hetero) is 2. The van der Waals surface area contributed by atoms with Crippen LogP contribution in [0, 0.1) is 24.0 Å². The number of fused-ring (bicyclic) bond motifs is 1. The van der Waals surface area contributed by atoms with Crippen LogP contribution >= 0.6 is 0 Å². The van der Waals surface area contributed by atoms with Crippen LogP contribution in [0.5, 0.6) is 11.5 Å². The Morgan fingerprint density at radius 1 is 0.895 bits per heavy atom. The molecule has 2 N–H and O–H groups in total. The van der Waals surface area contributed by atoms with Gasteiger partial charge < -0.3 is 10.5 Å². The topological polar surface area (TPSA) is 99.3 Å². The molecule has 0 spiro atoms. The van der Waals surface area contributed by atoms with Gasteiger partial charge in [-0.25, -0.2) is 8.78 Å². The quantitative estimate of drug-likeness (QED) is 0.301. The normalized spacial score (nSPS) is 13.8. The Labute approximate surface area is 217 Å². The van der Waals surface area contributed by atoms with Crippen LogP contribution in [0.25, 0.3) is 10.9 Å². The molecule has 38 heavy (non-hydrogen) atoms. The molecule has 8 heteroatoms. The standard InChI is InChI=1S/C30H24F2N2O4/c1-17-12-22-24(16-21(17)29(33)37)34-11-8-25(22)38-26-7-4-19(13-23(26)32)15-28(36)30(9-10-30)27(35)14-18-2-5-20(31)6-3-18/h2-8,11-13,16H,9-10,14-15H2,1H3,(H2,33,37). The van der Waals surface area contributed by atoms with E-state index in [-0.39, 0.29) is 30.2 Å². The van der Waals surface area contributed by atoms with Gasteiger partial charge >= 0.3 is 0 Å². The summed E-state index contributed by atoms with van der Waals surface area (Å²) in [7, 11) is 0. The van der Waals surface area contributed by atoms with Crippen LogP contribution < -0.4 is 10.5 Å². The van der Waals surface area contributed by atoms with E-state index < -0.39 is 23.0 Å². The number of rotatable bonds is 9. The second kappa shape index (κ2) is 9.78. The maximum absolute atomic E-state index is 15.0. The molecule has 0 radical (unpaired) electrons. The highest BCUT2D eigenvalue weighted by Crippen LogP contribution is 2.49. The summed E-state index contributed by atoms with van der Waals surface area (Å²) in [5.74, 6) is -1.77. The molecule has 5 rings (SSSR count). The summed E-state index contributed by atoms with van der Waals surface area (Å²) in [5.41, 5.74) is 6.90. The fourth-order valence-electron chi connectivity index (χ4n) is 4.64. The summed E-state index contributed by atoms with van der Waals surface area (Å²) in [6.07, 6.45) is 2.37. The molecule has 6 nitrogen and oxygen atoms in total. The van der Waals surface area contributed by atoms with E-state index in [0.717, 1.165) is 0 Å². The Kier molecular flexibility index (Phi) is 6.48. The molecular formula is C30H24F2N2O4. The molecule has 1 saturated carbocycles. The molecule has 1 fully saturated rings.